The average molecular weight is 386 g/mol. The van der Waals surface area contributed by atoms with Crippen LogP contribution in [-0.4, -0.2) is 59.7 Å². The third kappa shape index (κ3) is 4.84. The number of carbonyl (C=O) groups excluding carboxylic acids is 1. The van der Waals surface area contributed by atoms with Crippen molar-refractivity contribution < 1.29 is 4.79 Å². The first-order valence-corrected chi connectivity index (χ1v) is 10.6. The molecule has 1 heterocycles. The van der Waals surface area contributed by atoms with Crippen LogP contribution in [0.25, 0.3) is 10.8 Å². The first kappa shape index (κ1) is 20.2. The van der Waals surface area contributed by atoms with E-state index in [-0.39, 0.29) is 11.9 Å². The highest BCUT2D eigenvalue weighted by Gasteiger charge is 2.30. The van der Waals surface area contributed by atoms with Gasteiger partial charge in [0.05, 0.1) is 0 Å². The van der Waals surface area contributed by atoms with Crippen molar-refractivity contribution in [2.24, 2.45) is 5.73 Å². The quantitative estimate of drug-likeness (QED) is 0.718. The largest absolute Gasteiger partial charge is 0.336 e. The molecular weight excluding hydrogens is 354 g/mol. The minimum atomic E-state index is 0.0813. The van der Waals surface area contributed by atoms with Crippen LogP contribution in [-0.2, 0) is 0 Å². The maximum Gasteiger partial charge on any atom is 0.254 e. The van der Waals surface area contributed by atoms with Crippen LogP contribution in [0.1, 0.15) is 36.5 Å². The highest BCUT2D eigenvalue weighted by Crippen LogP contribution is 2.23. The topological polar surface area (TPSA) is 49.6 Å². The second kappa shape index (κ2) is 9.58. The van der Waals surface area contributed by atoms with Crippen molar-refractivity contribution in [2.45, 2.75) is 38.3 Å². The lowest BCUT2D eigenvalue weighted by Crippen LogP contribution is -2.57. The molecule has 1 aliphatic rings. The summed E-state index contributed by atoms with van der Waals surface area (Å²) in [6.45, 7) is 5.48. The minimum Gasteiger partial charge on any atom is -0.336 e. The summed E-state index contributed by atoms with van der Waals surface area (Å²) < 4.78 is 0. The highest BCUT2D eigenvalue weighted by molar-refractivity contribution is 7.80. The van der Waals surface area contributed by atoms with Gasteiger partial charge in [0.1, 0.15) is 0 Å². The second-order valence-electron chi connectivity index (χ2n) is 7.51. The fraction of sp³-hybridized carbons (Fsp3) is 0.500. The number of unbranched alkanes of at least 4 members (excludes halogenated alkanes) is 1. The lowest BCUT2D eigenvalue weighted by atomic mass is 10.0. The van der Waals surface area contributed by atoms with Gasteiger partial charge in [-0.05, 0) is 23.3 Å². The smallest absolute Gasteiger partial charge is 0.254 e. The Balaban J connectivity index is 1.77. The van der Waals surface area contributed by atoms with Gasteiger partial charge in [-0.25, -0.2) is 0 Å². The van der Waals surface area contributed by atoms with Crippen LogP contribution in [0.3, 0.4) is 0 Å². The maximum absolute atomic E-state index is 13.3. The van der Waals surface area contributed by atoms with E-state index < -0.39 is 0 Å². The van der Waals surface area contributed by atoms with E-state index in [2.05, 4.69) is 36.6 Å². The summed E-state index contributed by atoms with van der Waals surface area (Å²) in [6.07, 6.45) is 3.45. The summed E-state index contributed by atoms with van der Waals surface area (Å²) in [5.74, 6) is 0.835. The molecule has 146 valence electrons. The van der Waals surface area contributed by atoms with E-state index in [4.69, 9.17) is 5.73 Å². The number of thiol groups is 1. The van der Waals surface area contributed by atoms with E-state index in [1.54, 1.807) is 0 Å². The number of benzene rings is 2. The van der Waals surface area contributed by atoms with E-state index in [0.717, 1.165) is 48.9 Å². The molecule has 4 nitrogen and oxygen atoms in total. The third-order valence-electron chi connectivity index (χ3n) is 5.51. The van der Waals surface area contributed by atoms with Crippen molar-refractivity contribution >= 4 is 29.3 Å². The molecule has 27 heavy (non-hydrogen) atoms. The molecule has 0 radical (unpaired) electrons. The molecule has 0 spiro atoms. The fourth-order valence-electron chi connectivity index (χ4n) is 3.97. The summed E-state index contributed by atoms with van der Waals surface area (Å²) in [5, 5.41) is 2.15. The van der Waals surface area contributed by atoms with Crippen molar-refractivity contribution in [3.05, 3.63) is 48.0 Å². The van der Waals surface area contributed by atoms with E-state index in [1.807, 2.05) is 35.2 Å². The van der Waals surface area contributed by atoms with Crippen LogP contribution in [0.4, 0.5) is 0 Å². The Morgan fingerprint density at radius 3 is 2.78 bits per heavy atom. The molecule has 0 unspecified atom stereocenters. The summed E-state index contributed by atoms with van der Waals surface area (Å²) in [7, 11) is 0. The number of carbonyl (C=O) groups is 1. The van der Waals surface area contributed by atoms with Gasteiger partial charge >= 0.3 is 0 Å². The molecule has 2 aromatic rings. The fourth-order valence-corrected chi connectivity index (χ4v) is 4.09. The molecule has 2 N–H and O–H groups in total. The summed E-state index contributed by atoms with van der Waals surface area (Å²) >= 11 is 4.33. The second-order valence-corrected chi connectivity index (χ2v) is 7.88. The molecule has 0 bridgehead atoms. The number of rotatable bonds is 7. The predicted octanol–water partition coefficient (Wildman–Crippen LogP) is 3.41. The number of piperazine rings is 1. The van der Waals surface area contributed by atoms with E-state index in [0.29, 0.717) is 11.8 Å². The van der Waals surface area contributed by atoms with Gasteiger partial charge in [0.25, 0.3) is 5.91 Å². The zero-order valence-corrected chi connectivity index (χ0v) is 17.1. The summed E-state index contributed by atoms with van der Waals surface area (Å²) in [6, 6.07) is 14.6. The van der Waals surface area contributed by atoms with Crippen molar-refractivity contribution in [3.8, 4) is 0 Å². The standard InChI is InChI=1S/C22H31N3OS/c1-2-3-9-19-15-25(13-12-24(19)14-18(23)16-27)22(26)21-11-6-8-17-7-4-5-10-20(17)21/h4-8,10-11,18-19,27H,2-3,9,12-16,23H2,1H3/t18-,19+/m1/s1. The Morgan fingerprint density at radius 2 is 2.00 bits per heavy atom. The highest BCUT2D eigenvalue weighted by atomic mass is 32.1. The van der Waals surface area contributed by atoms with Gasteiger partial charge in [0.15, 0.2) is 0 Å². The van der Waals surface area contributed by atoms with Crippen LogP contribution in [0.5, 0.6) is 0 Å². The van der Waals surface area contributed by atoms with Gasteiger partial charge in [-0.15, -0.1) is 0 Å². The van der Waals surface area contributed by atoms with Crippen LogP contribution in [0.15, 0.2) is 42.5 Å². The van der Waals surface area contributed by atoms with Crippen molar-refractivity contribution in [3.63, 3.8) is 0 Å². The Kier molecular flexibility index (Phi) is 7.16. The molecule has 0 aliphatic carbocycles. The van der Waals surface area contributed by atoms with Crippen LogP contribution in [0, 0.1) is 0 Å². The number of nitrogens with zero attached hydrogens (tertiary/aromatic N) is 2. The van der Waals surface area contributed by atoms with Gasteiger partial charge < -0.3 is 10.6 Å². The molecule has 3 rings (SSSR count). The normalized spacial score (nSPS) is 19.4. The Morgan fingerprint density at radius 1 is 1.22 bits per heavy atom. The molecule has 2 aromatic carbocycles. The first-order chi connectivity index (χ1) is 13.1. The molecule has 0 saturated carbocycles. The molecule has 1 amide bonds. The zero-order chi connectivity index (χ0) is 19.2. The van der Waals surface area contributed by atoms with Gasteiger partial charge in [0.2, 0.25) is 0 Å². The van der Waals surface area contributed by atoms with Crippen molar-refractivity contribution in [2.75, 3.05) is 31.9 Å². The maximum atomic E-state index is 13.3. The van der Waals surface area contributed by atoms with Crippen LogP contribution >= 0.6 is 12.6 Å². The SMILES string of the molecule is CCCC[C@H]1CN(C(=O)c2cccc3ccccc23)CCN1C[C@@H](N)CS. The van der Waals surface area contributed by atoms with Crippen LogP contribution in [0.2, 0.25) is 0 Å². The molecule has 5 heteroatoms. The summed E-state index contributed by atoms with van der Waals surface area (Å²) in [4.78, 5) is 17.8. The number of amides is 1. The molecule has 0 aromatic heterocycles. The minimum absolute atomic E-state index is 0.0813. The lowest BCUT2D eigenvalue weighted by Gasteiger charge is -2.42. The Labute approximate surface area is 168 Å². The van der Waals surface area contributed by atoms with Gasteiger partial charge in [-0.3, -0.25) is 9.69 Å². The molecule has 1 aliphatic heterocycles. The van der Waals surface area contributed by atoms with Crippen molar-refractivity contribution in [1.29, 1.82) is 0 Å². The van der Waals surface area contributed by atoms with Crippen molar-refractivity contribution in [1.82, 2.24) is 9.80 Å². The Hall–Kier alpha value is -1.56. The third-order valence-corrected chi connectivity index (χ3v) is 5.98. The molecule has 1 saturated heterocycles. The Bertz CT molecular complexity index is 761. The van der Waals surface area contributed by atoms with Gasteiger partial charge in [0, 0.05) is 49.6 Å². The zero-order valence-electron chi connectivity index (χ0n) is 16.2. The van der Waals surface area contributed by atoms with Gasteiger partial charge in [-0.1, -0.05) is 56.2 Å². The van der Waals surface area contributed by atoms with E-state index in [9.17, 15) is 4.79 Å². The first-order valence-electron chi connectivity index (χ1n) is 10.0. The van der Waals surface area contributed by atoms with E-state index in [1.165, 1.54) is 12.8 Å². The van der Waals surface area contributed by atoms with Gasteiger partial charge in [-0.2, -0.15) is 12.6 Å². The molecular formula is C22H31N3OS. The number of hydrogen-bond acceptors (Lipinski definition) is 4. The summed E-state index contributed by atoms with van der Waals surface area (Å²) in [5.41, 5.74) is 6.95. The molecule has 2 atom stereocenters. The lowest BCUT2D eigenvalue weighted by molar-refractivity contribution is 0.0450. The molecule has 1 fully saturated rings. The predicted molar refractivity (Wildman–Crippen MR) is 117 cm³/mol. The van der Waals surface area contributed by atoms with Crippen LogP contribution < -0.4 is 5.73 Å². The number of hydrogen-bond donors (Lipinski definition) is 2. The number of fused-ring (bicyclic) bond motifs is 1. The number of nitrogens with two attached hydrogens (primary N) is 1. The van der Waals surface area contributed by atoms with E-state index >= 15 is 0 Å². The monoisotopic (exact) mass is 385 g/mol. The average Bonchev–Trinajstić information content (AvgIpc) is 2.71.